The Morgan fingerprint density at radius 3 is 2.28 bits per heavy atom. The van der Waals surface area contributed by atoms with E-state index in [9.17, 15) is 4.79 Å². The van der Waals surface area contributed by atoms with Gasteiger partial charge in [-0.25, -0.2) is 0 Å². The molecule has 1 amide bonds. The minimum absolute atomic E-state index is 0.148. The molecule has 1 N–H and O–H groups in total. The van der Waals surface area contributed by atoms with Crippen LogP contribution in [0.25, 0.3) is 0 Å². The summed E-state index contributed by atoms with van der Waals surface area (Å²) in [5.74, 6) is 1.31. The third-order valence-electron chi connectivity index (χ3n) is 5.06. The molecule has 29 heavy (non-hydrogen) atoms. The highest BCUT2D eigenvalue weighted by molar-refractivity contribution is 6.04. The van der Waals surface area contributed by atoms with Crippen molar-refractivity contribution in [1.82, 2.24) is 0 Å². The summed E-state index contributed by atoms with van der Waals surface area (Å²) >= 11 is 0. The van der Waals surface area contributed by atoms with Gasteiger partial charge in [-0.2, -0.15) is 0 Å². The Balaban J connectivity index is 1.35. The Bertz CT molecular complexity index is 940. The second-order valence-corrected chi connectivity index (χ2v) is 7.03. The third-order valence-corrected chi connectivity index (χ3v) is 5.06. The predicted molar refractivity (Wildman–Crippen MR) is 115 cm³/mol. The number of para-hydroxylation sites is 1. The molecule has 1 aliphatic rings. The van der Waals surface area contributed by atoms with Crippen LogP contribution in [0, 0.1) is 0 Å². The number of hydrogen-bond acceptors (Lipinski definition) is 4. The van der Waals surface area contributed by atoms with Crippen LogP contribution in [-0.4, -0.2) is 32.2 Å². The summed E-state index contributed by atoms with van der Waals surface area (Å²) in [5, 5.41) is 2.94. The van der Waals surface area contributed by atoms with Crippen LogP contribution in [0.3, 0.4) is 0 Å². The fraction of sp³-hybridized carbons (Fsp3) is 0.208. The molecule has 3 aromatic rings. The molecule has 1 fully saturated rings. The zero-order valence-corrected chi connectivity index (χ0v) is 16.4. The van der Waals surface area contributed by atoms with E-state index in [0.29, 0.717) is 17.4 Å². The lowest BCUT2D eigenvalue weighted by molar-refractivity contribution is 0.102. The van der Waals surface area contributed by atoms with Gasteiger partial charge in [-0.3, -0.25) is 4.79 Å². The molecule has 1 saturated heterocycles. The van der Waals surface area contributed by atoms with E-state index in [0.717, 1.165) is 36.6 Å². The number of ether oxygens (including phenoxy) is 2. The van der Waals surface area contributed by atoms with Gasteiger partial charge in [0.2, 0.25) is 0 Å². The van der Waals surface area contributed by atoms with E-state index in [1.54, 1.807) is 31.4 Å². The molecule has 0 spiro atoms. The van der Waals surface area contributed by atoms with Crippen LogP contribution in [0.4, 0.5) is 11.4 Å². The van der Waals surface area contributed by atoms with Crippen LogP contribution < -0.4 is 15.0 Å². The quantitative estimate of drug-likeness (QED) is 0.649. The average molecular weight is 388 g/mol. The highest BCUT2D eigenvalue weighted by Gasteiger charge is 2.22. The minimum atomic E-state index is -0.148. The lowest BCUT2D eigenvalue weighted by Crippen LogP contribution is -2.22. The van der Waals surface area contributed by atoms with Crippen LogP contribution in [0.2, 0.25) is 0 Å². The summed E-state index contributed by atoms with van der Waals surface area (Å²) in [7, 11) is 1.76. The Morgan fingerprint density at radius 2 is 1.62 bits per heavy atom. The normalized spacial score (nSPS) is 15.9. The number of carbonyl (C=O) groups is 1. The zero-order valence-electron chi connectivity index (χ0n) is 16.4. The van der Waals surface area contributed by atoms with E-state index in [-0.39, 0.29) is 5.91 Å². The van der Waals surface area contributed by atoms with Gasteiger partial charge in [-0.15, -0.1) is 0 Å². The summed E-state index contributed by atoms with van der Waals surface area (Å²) in [4.78, 5) is 14.8. The molecule has 0 radical (unpaired) electrons. The Kier molecular flexibility index (Phi) is 5.77. The van der Waals surface area contributed by atoms with Gasteiger partial charge in [-0.1, -0.05) is 18.2 Å². The largest absolute Gasteiger partial charge is 0.457 e. The summed E-state index contributed by atoms with van der Waals surface area (Å²) in [6.07, 6.45) is 1.34. The van der Waals surface area contributed by atoms with Crippen molar-refractivity contribution in [3.63, 3.8) is 0 Å². The Hall–Kier alpha value is -3.31. The highest BCUT2D eigenvalue weighted by atomic mass is 16.5. The summed E-state index contributed by atoms with van der Waals surface area (Å²) < 4.78 is 11.2. The predicted octanol–water partition coefficient (Wildman–Crippen LogP) is 4.96. The van der Waals surface area contributed by atoms with Crippen molar-refractivity contribution in [2.24, 2.45) is 0 Å². The van der Waals surface area contributed by atoms with Gasteiger partial charge in [0.15, 0.2) is 0 Å². The Labute approximate surface area is 170 Å². The fourth-order valence-electron chi connectivity index (χ4n) is 3.41. The Morgan fingerprint density at radius 1 is 0.931 bits per heavy atom. The van der Waals surface area contributed by atoms with Gasteiger partial charge in [-0.05, 0) is 67.1 Å². The van der Waals surface area contributed by atoms with Gasteiger partial charge in [0.05, 0.1) is 6.10 Å². The molecule has 0 aliphatic carbocycles. The fourth-order valence-corrected chi connectivity index (χ4v) is 3.41. The van der Waals surface area contributed by atoms with Gasteiger partial charge >= 0.3 is 0 Å². The number of rotatable bonds is 6. The van der Waals surface area contributed by atoms with Crippen molar-refractivity contribution in [2.45, 2.75) is 12.5 Å². The molecule has 5 heteroatoms. The first-order valence-corrected chi connectivity index (χ1v) is 9.73. The number of anilines is 2. The maximum atomic E-state index is 12.5. The molecule has 1 heterocycles. The summed E-state index contributed by atoms with van der Waals surface area (Å²) in [6, 6.07) is 24.6. The molecule has 1 aliphatic heterocycles. The number of nitrogens with zero attached hydrogens (tertiary/aromatic N) is 1. The molecule has 5 nitrogen and oxygen atoms in total. The van der Waals surface area contributed by atoms with Gasteiger partial charge in [0.25, 0.3) is 5.91 Å². The first-order chi connectivity index (χ1) is 14.2. The van der Waals surface area contributed by atoms with Gasteiger partial charge < -0.3 is 19.7 Å². The highest BCUT2D eigenvalue weighted by Crippen LogP contribution is 2.24. The molecule has 0 aromatic heterocycles. The minimum Gasteiger partial charge on any atom is -0.457 e. The van der Waals surface area contributed by atoms with E-state index in [4.69, 9.17) is 9.47 Å². The topological polar surface area (TPSA) is 50.8 Å². The van der Waals surface area contributed by atoms with Crippen molar-refractivity contribution in [2.75, 3.05) is 30.4 Å². The number of amides is 1. The van der Waals surface area contributed by atoms with Crippen LogP contribution in [0.5, 0.6) is 11.5 Å². The molecule has 0 saturated carbocycles. The SMILES string of the molecule is COC1CCN(c2ccc(NC(=O)c3ccc(Oc4ccccc4)cc3)cc2)C1. The number of hydrogen-bond donors (Lipinski definition) is 1. The molecule has 148 valence electrons. The monoisotopic (exact) mass is 388 g/mol. The lowest BCUT2D eigenvalue weighted by atomic mass is 10.2. The zero-order chi connectivity index (χ0) is 20.1. The average Bonchev–Trinajstić information content (AvgIpc) is 3.25. The first-order valence-electron chi connectivity index (χ1n) is 9.73. The van der Waals surface area contributed by atoms with Crippen molar-refractivity contribution in [1.29, 1.82) is 0 Å². The molecular formula is C24H24N2O3. The van der Waals surface area contributed by atoms with Crippen molar-refractivity contribution >= 4 is 17.3 Å². The smallest absolute Gasteiger partial charge is 0.255 e. The number of benzene rings is 3. The molecule has 4 rings (SSSR count). The van der Waals surface area contributed by atoms with Crippen LogP contribution in [0.1, 0.15) is 16.8 Å². The van der Waals surface area contributed by atoms with Crippen LogP contribution in [-0.2, 0) is 4.74 Å². The van der Waals surface area contributed by atoms with E-state index in [1.807, 2.05) is 54.6 Å². The molecule has 1 atom stereocenters. The lowest BCUT2D eigenvalue weighted by Gasteiger charge is -2.18. The maximum absolute atomic E-state index is 12.5. The first kappa shape index (κ1) is 19.0. The maximum Gasteiger partial charge on any atom is 0.255 e. The summed E-state index contributed by atoms with van der Waals surface area (Å²) in [5.41, 5.74) is 2.49. The van der Waals surface area contributed by atoms with Crippen molar-refractivity contribution in [3.8, 4) is 11.5 Å². The van der Waals surface area contributed by atoms with Crippen LogP contribution in [0.15, 0.2) is 78.9 Å². The van der Waals surface area contributed by atoms with Crippen molar-refractivity contribution < 1.29 is 14.3 Å². The van der Waals surface area contributed by atoms with E-state index in [2.05, 4.69) is 10.2 Å². The van der Waals surface area contributed by atoms with Crippen LogP contribution >= 0.6 is 0 Å². The molecule has 0 bridgehead atoms. The van der Waals surface area contributed by atoms with Gasteiger partial charge in [0.1, 0.15) is 11.5 Å². The molecular weight excluding hydrogens is 364 g/mol. The standard InChI is InChI=1S/C24H24N2O3/c1-28-23-15-16-26(17-23)20-11-9-19(10-12-20)25-24(27)18-7-13-22(14-8-18)29-21-5-3-2-4-6-21/h2-14,23H,15-17H2,1H3,(H,25,27). The van der Waals surface area contributed by atoms with Gasteiger partial charge in [0, 0.05) is 37.1 Å². The van der Waals surface area contributed by atoms with Crippen molar-refractivity contribution in [3.05, 3.63) is 84.4 Å². The van der Waals surface area contributed by atoms with E-state index < -0.39 is 0 Å². The molecule has 1 unspecified atom stereocenters. The van der Waals surface area contributed by atoms with E-state index in [1.165, 1.54) is 0 Å². The van der Waals surface area contributed by atoms with E-state index >= 15 is 0 Å². The second-order valence-electron chi connectivity index (χ2n) is 7.03. The number of methoxy groups -OCH3 is 1. The second kappa shape index (κ2) is 8.80. The number of nitrogens with one attached hydrogen (secondary N) is 1. The third kappa shape index (κ3) is 4.76. The molecule has 3 aromatic carbocycles. The summed E-state index contributed by atoms with van der Waals surface area (Å²) in [6.45, 7) is 1.89. The number of carbonyl (C=O) groups excluding carboxylic acids is 1.